The first kappa shape index (κ1) is 14.2. The lowest BCUT2D eigenvalue weighted by Crippen LogP contribution is -2.40. The van der Waals surface area contributed by atoms with E-state index in [0.29, 0.717) is 18.0 Å². The molecule has 1 saturated heterocycles. The van der Waals surface area contributed by atoms with Gasteiger partial charge in [-0.05, 0) is 5.56 Å². The number of carbonyl (C=O) groups excluding carboxylic acids is 1. The van der Waals surface area contributed by atoms with Gasteiger partial charge in [-0.15, -0.1) is 0 Å². The van der Waals surface area contributed by atoms with Crippen LogP contribution in [-0.4, -0.2) is 33.8 Å². The first-order chi connectivity index (χ1) is 10.3. The number of oxazole rings is 1. The van der Waals surface area contributed by atoms with Crippen LogP contribution in [0.15, 0.2) is 41.0 Å². The van der Waals surface area contributed by atoms with Crippen molar-refractivity contribution in [3.8, 4) is 0 Å². The number of aromatic nitrogens is 1. The first-order valence-corrected chi connectivity index (χ1v) is 8.33. The van der Waals surface area contributed by atoms with Gasteiger partial charge in [0.05, 0.1) is 6.04 Å². The van der Waals surface area contributed by atoms with Crippen molar-refractivity contribution in [2.24, 2.45) is 0 Å². The molecule has 5 heteroatoms. The molecule has 0 radical (unpaired) electrons. The van der Waals surface area contributed by atoms with Crippen molar-refractivity contribution < 1.29 is 9.21 Å². The summed E-state index contributed by atoms with van der Waals surface area (Å²) in [5.41, 5.74) is 1.59. The average molecular weight is 302 g/mol. The summed E-state index contributed by atoms with van der Waals surface area (Å²) in [6, 6.07) is 10.3. The Labute approximate surface area is 128 Å². The number of carbonyl (C=O) groups is 1. The number of hydrogen-bond donors (Lipinski definition) is 0. The van der Waals surface area contributed by atoms with Gasteiger partial charge in [-0.3, -0.25) is 4.79 Å². The Kier molecular flexibility index (Phi) is 4.29. The lowest BCUT2D eigenvalue weighted by Gasteiger charge is -2.35. The molecule has 0 unspecified atom stereocenters. The molecule has 3 rings (SSSR count). The number of rotatable bonds is 3. The van der Waals surface area contributed by atoms with E-state index < -0.39 is 0 Å². The Morgan fingerprint density at radius 1 is 1.43 bits per heavy atom. The van der Waals surface area contributed by atoms with E-state index in [2.05, 4.69) is 17.1 Å². The van der Waals surface area contributed by atoms with Gasteiger partial charge in [-0.2, -0.15) is 11.8 Å². The Morgan fingerprint density at radius 2 is 2.24 bits per heavy atom. The maximum absolute atomic E-state index is 12.7. The van der Waals surface area contributed by atoms with E-state index in [4.69, 9.17) is 4.42 Å². The Bertz CT molecular complexity index is 612. The van der Waals surface area contributed by atoms with E-state index in [1.54, 1.807) is 0 Å². The molecule has 1 atom stereocenters. The number of thioether (sulfide) groups is 1. The first-order valence-electron chi connectivity index (χ1n) is 7.17. The van der Waals surface area contributed by atoms with Crippen molar-refractivity contribution in [2.75, 3.05) is 18.1 Å². The third-order valence-electron chi connectivity index (χ3n) is 3.65. The summed E-state index contributed by atoms with van der Waals surface area (Å²) < 4.78 is 5.30. The maximum atomic E-state index is 12.7. The predicted octanol–water partition coefficient (Wildman–Crippen LogP) is 3.17. The zero-order chi connectivity index (χ0) is 14.7. The second kappa shape index (κ2) is 6.35. The third kappa shape index (κ3) is 2.97. The fraction of sp³-hybridized carbons (Fsp3) is 0.375. The Morgan fingerprint density at radius 3 is 2.95 bits per heavy atom. The third-order valence-corrected chi connectivity index (χ3v) is 4.67. The van der Waals surface area contributed by atoms with Gasteiger partial charge in [0, 0.05) is 24.5 Å². The molecule has 1 aliphatic heterocycles. The van der Waals surface area contributed by atoms with Gasteiger partial charge in [0.25, 0.3) is 5.91 Å². The van der Waals surface area contributed by atoms with Crippen molar-refractivity contribution in [3.05, 3.63) is 53.7 Å². The molecule has 1 aromatic heterocycles. The molecule has 0 saturated carbocycles. The lowest BCUT2D eigenvalue weighted by atomic mass is 10.1. The molecule has 1 amide bonds. The summed E-state index contributed by atoms with van der Waals surface area (Å²) in [7, 11) is 0. The topological polar surface area (TPSA) is 46.3 Å². The molecule has 0 bridgehead atoms. The normalized spacial score (nSPS) is 18.7. The highest BCUT2D eigenvalue weighted by Crippen LogP contribution is 2.30. The highest BCUT2D eigenvalue weighted by atomic mass is 32.2. The average Bonchev–Trinajstić information content (AvgIpc) is 3.04. The van der Waals surface area contributed by atoms with Gasteiger partial charge in [-0.1, -0.05) is 37.3 Å². The van der Waals surface area contributed by atoms with E-state index in [-0.39, 0.29) is 11.9 Å². The summed E-state index contributed by atoms with van der Waals surface area (Å²) in [6.07, 6.45) is 2.18. The van der Waals surface area contributed by atoms with Crippen LogP contribution in [0.4, 0.5) is 0 Å². The Balaban J connectivity index is 1.85. The number of amides is 1. The summed E-state index contributed by atoms with van der Waals surface area (Å²) in [5.74, 6) is 2.47. The lowest BCUT2D eigenvalue weighted by molar-refractivity contribution is 0.0695. The molecule has 0 N–H and O–H groups in total. The largest absolute Gasteiger partial charge is 0.448 e. The predicted molar refractivity (Wildman–Crippen MR) is 83.4 cm³/mol. The van der Waals surface area contributed by atoms with Crippen molar-refractivity contribution in [2.45, 2.75) is 19.4 Å². The van der Waals surface area contributed by atoms with Crippen LogP contribution < -0.4 is 0 Å². The minimum Gasteiger partial charge on any atom is -0.448 e. The smallest absolute Gasteiger partial charge is 0.276 e. The van der Waals surface area contributed by atoms with Crippen LogP contribution in [0.2, 0.25) is 0 Å². The van der Waals surface area contributed by atoms with E-state index in [1.165, 1.54) is 11.8 Å². The second-order valence-corrected chi connectivity index (χ2v) is 6.13. The highest BCUT2D eigenvalue weighted by Gasteiger charge is 2.30. The molecule has 21 heavy (non-hydrogen) atoms. The standard InChI is InChI=1S/C16H18N2O2S/c1-2-15-17-13(10-20-15)16(19)18-8-9-21-11-14(18)12-6-4-3-5-7-12/h3-7,10,14H,2,8-9,11H2,1H3/t14-/m0/s1. The summed E-state index contributed by atoms with van der Waals surface area (Å²) in [6.45, 7) is 2.71. The molecule has 2 heterocycles. The molecule has 4 nitrogen and oxygen atoms in total. The number of hydrogen-bond acceptors (Lipinski definition) is 4. The van der Waals surface area contributed by atoms with Gasteiger partial charge in [0.1, 0.15) is 6.26 Å². The zero-order valence-corrected chi connectivity index (χ0v) is 12.8. The van der Waals surface area contributed by atoms with Gasteiger partial charge in [0.15, 0.2) is 11.6 Å². The minimum atomic E-state index is -0.0346. The number of aryl methyl sites for hydroxylation is 1. The summed E-state index contributed by atoms with van der Waals surface area (Å²) in [5, 5.41) is 0. The van der Waals surface area contributed by atoms with E-state index in [1.807, 2.05) is 41.8 Å². The molecule has 110 valence electrons. The Hall–Kier alpha value is -1.75. The molecule has 0 spiro atoms. The zero-order valence-electron chi connectivity index (χ0n) is 12.0. The van der Waals surface area contributed by atoms with E-state index in [9.17, 15) is 4.79 Å². The summed E-state index contributed by atoms with van der Waals surface area (Å²) in [4.78, 5) is 18.9. The molecule has 1 fully saturated rings. The highest BCUT2D eigenvalue weighted by molar-refractivity contribution is 7.99. The van der Waals surface area contributed by atoms with Gasteiger partial charge in [-0.25, -0.2) is 4.98 Å². The second-order valence-electron chi connectivity index (χ2n) is 4.98. The maximum Gasteiger partial charge on any atom is 0.276 e. The molecule has 0 aliphatic carbocycles. The van der Waals surface area contributed by atoms with Crippen LogP contribution in [-0.2, 0) is 6.42 Å². The van der Waals surface area contributed by atoms with Crippen LogP contribution >= 0.6 is 11.8 Å². The monoisotopic (exact) mass is 302 g/mol. The van der Waals surface area contributed by atoms with Gasteiger partial charge >= 0.3 is 0 Å². The van der Waals surface area contributed by atoms with Gasteiger partial charge < -0.3 is 9.32 Å². The van der Waals surface area contributed by atoms with Crippen molar-refractivity contribution >= 4 is 17.7 Å². The molecule has 1 aliphatic rings. The summed E-state index contributed by atoms with van der Waals surface area (Å²) >= 11 is 1.89. The van der Waals surface area contributed by atoms with Crippen LogP contribution in [0.5, 0.6) is 0 Å². The van der Waals surface area contributed by atoms with Crippen LogP contribution in [0.25, 0.3) is 0 Å². The SMILES string of the molecule is CCc1nc(C(=O)N2CCSC[C@H]2c2ccccc2)co1. The van der Waals surface area contributed by atoms with Gasteiger partial charge in [0.2, 0.25) is 0 Å². The molecule has 2 aromatic rings. The van der Waals surface area contributed by atoms with Crippen molar-refractivity contribution in [1.82, 2.24) is 9.88 Å². The van der Waals surface area contributed by atoms with Crippen molar-refractivity contribution in [3.63, 3.8) is 0 Å². The number of benzene rings is 1. The van der Waals surface area contributed by atoms with Crippen LogP contribution in [0.3, 0.4) is 0 Å². The van der Waals surface area contributed by atoms with E-state index in [0.717, 1.165) is 18.1 Å². The van der Waals surface area contributed by atoms with Crippen molar-refractivity contribution in [1.29, 1.82) is 0 Å². The number of nitrogens with zero attached hydrogens (tertiary/aromatic N) is 2. The van der Waals surface area contributed by atoms with E-state index >= 15 is 0 Å². The molecular weight excluding hydrogens is 284 g/mol. The minimum absolute atomic E-state index is 0.0346. The molecule has 1 aromatic carbocycles. The molecular formula is C16H18N2O2S. The fourth-order valence-corrected chi connectivity index (χ4v) is 3.60. The fourth-order valence-electron chi connectivity index (χ4n) is 2.52. The van der Waals surface area contributed by atoms with Crippen LogP contribution in [0, 0.1) is 0 Å². The quantitative estimate of drug-likeness (QED) is 0.873. The van der Waals surface area contributed by atoms with Crippen LogP contribution in [0.1, 0.15) is 34.9 Å².